The normalized spacial score (nSPS) is 12.2. The number of H-pyrrole nitrogens is 1. The molecule has 0 bridgehead atoms. The number of rotatable bonds is 4. The van der Waals surface area contributed by atoms with Crippen molar-refractivity contribution in [2.24, 2.45) is 0 Å². The molecule has 0 radical (unpaired) electrons. The highest BCUT2D eigenvalue weighted by Crippen LogP contribution is 2.07. The first-order valence-electron chi connectivity index (χ1n) is 6.30. The zero-order valence-corrected chi connectivity index (χ0v) is 11.3. The molecule has 6 heteroatoms. The lowest BCUT2D eigenvalue weighted by Crippen LogP contribution is -2.28. The maximum absolute atomic E-state index is 12.4. The number of aromatic nitrogens is 2. The van der Waals surface area contributed by atoms with E-state index in [-0.39, 0.29) is 17.2 Å². The van der Waals surface area contributed by atoms with E-state index in [0.29, 0.717) is 17.4 Å². The van der Waals surface area contributed by atoms with Crippen molar-refractivity contribution in [2.75, 3.05) is 7.11 Å². The van der Waals surface area contributed by atoms with Gasteiger partial charge in [0.15, 0.2) is 0 Å². The van der Waals surface area contributed by atoms with Crippen LogP contribution in [0.15, 0.2) is 27.9 Å². The Bertz CT molecular complexity index is 779. The number of nitrogens with one attached hydrogen (secondary N) is 1. The third kappa shape index (κ3) is 2.49. The van der Waals surface area contributed by atoms with Crippen molar-refractivity contribution < 1.29 is 4.74 Å². The number of nitriles is 1. The monoisotopic (exact) mass is 273 g/mol. The molecule has 2 heterocycles. The van der Waals surface area contributed by atoms with E-state index >= 15 is 0 Å². The van der Waals surface area contributed by atoms with Crippen LogP contribution in [0, 0.1) is 11.3 Å². The number of hydrogen-bond acceptors (Lipinski definition) is 4. The molecule has 1 atom stereocenters. The Morgan fingerprint density at radius 1 is 1.50 bits per heavy atom. The number of hydrogen-bond donors (Lipinski definition) is 1. The van der Waals surface area contributed by atoms with Crippen molar-refractivity contribution in [1.82, 2.24) is 9.55 Å². The molecule has 0 saturated carbocycles. The van der Waals surface area contributed by atoms with Crippen molar-refractivity contribution in [3.63, 3.8) is 0 Å². The van der Waals surface area contributed by atoms with E-state index < -0.39 is 5.56 Å². The molecule has 0 spiro atoms. The highest BCUT2D eigenvalue weighted by Gasteiger charge is 2.10. The Hall–Kier alpha value is -2.39. The summed E-state index contributed by atoms with van der Waals surface area (Å²) in [5.74, 6) is 0. The van der Waals surface area contributed by atoms with E-state index in [1.165, 1.54) is 10.6 Å². The topological polar surface area (TPSA) is 87.9 Å². The van der Waals surface area contributed by atoms with Crippen molar-refractivity contribution >= 4 is 10.9 Å². The first kappa shape index (κ1) is 14.0. The van der Waals surface area contributed by atoms with Crippen molar-refractivity contribution in [3.05, 3.63) is 44.6 Å². The lowest BCUT2D eigenvalue weighted by Gasteiger charge is -2.15. The lowest BCUT2D eigenvalue weighted by atomic mass is 10.2. The zero-order valence-electron chi connectivity index (χ0n) is 11.3. The molecule has 0 aliphatic heterocycles. The van der Waals surface area contributed by atoms with Crippen molar-refractivity contribution in [3.8, 4) is 6.07 Å². The third-order valence-electron chi connectivity index (χ3n) is 3.29. The molecule has 6 nitrogen and oxygen atoms in total. The van der Waals surface area contributed by atoms with Gasteiger partial charge in [-0.15, -0.1) is 0 Å². The summed E-state index contributed by atoms with van der Waals surface area (Å²) in [4.78, 5) is 26.4. The van der Waals surface area contributed by atoms with Crippen molar-refractivity contribution in [1.29, 1.82) is 5.26 Å². The summed E-state index contributed by atoms with van der Waals surface area (Å²) in [7, 11) is 1.60. The van der Waals surface area contributed by atoms with Gasteiger partial charge in [0.25, 0.3) is 11.1 Å². The molecule has 2 aromatic heterocycles. The van der Waals surface area contributed by atoms with E-state index in [1.54, 1.807) is 25.4 Å². The second kappa shape index (κ2) is 5.72. The predicted molar refractivity (Wildman–Crippen MR) is 74.6 cm³/mol. The van der Waals surface area contributed by atoms with Crippen LogP contribution in [0.25, 0.3) is 10.9 Å². The number of ether oxygens (including phenoxy) is 1. The molecule has 2 aromatic rings. The molecule has 20 heavy (non-hydrogen) atoms. The van der Waals surface area contributed by atoms with Gasteiger partial charge in [-0.05, 0) is 18.6 Å². The van der Waals surface area contributed by atoms with Crippen LogP contribution in [0.4, 0.5) is 0 Å². The minimum absolute atomic E-state index is 0.0525. The van der Waals surface area contributed by atoms with E-state index in [2.05, 4.69) is 4.98 Å². The summed E-state index contributed by atoms with van der Waals surface area (Å²) < 4.78 is 6.79. The van der Waals surface area contributed by atoms with Gasteiger partial charge in [-0.2, -0.15) is 5.26 Å². The number of fused-ring (bicyclic) bond motifs is 1. The van der Waals surface area contributed by atoms with Gasteiger partial charge < -0.3 is 14.3 Å². The third-order valence-corrected chi connectivity index (χ3v) is 3.29. The summed E-state index contributed by atoms with van der Waals surface area (Å²) in [6.45, 7) is 2.41. The molecule has 0 aliphatic carbocycles. The maximum Gasteiger partial charge on any atom is 0.266 e. The Labute approximate surface area is 115 Å². The number of nitrogens with zero attached hydrogens (tertiary/aromatic N) is 2. The molecular weight excluding hydrogens is 258 g/mol. The minimum Gasteiger partial charge on any atom is -0.380 e. The van der Waals surface area contributed by atoms with Crippen LogP contribution in [-0.4, -0.2) is 22.8 Å². The van der Waals surface area contributed by atoms with E-state index in [0.717, 1.165) is 6.42 Å². The fraction of sp³-hybridized carbons (Fsp3) is 0.357. The van der Waals surface area contributed by atoms with E-state index in [1.807, 2.05) is 6.92 Å². The quantitative estimate of drug-likeness (QED) is 0.899. The fourth-order valence-electron chi connectivity index (χ4n) is 2.06. The molecule has 0 unspecified atom stereocenters. The number of methoxy groups -OCH3 is 1. The molecule has 2 rings (SSSR count). The molecule has 0 saturated heterocycles. The van der Waals surface area contributed by atoms with Gasteiger partial charge in [0.2, 0.25) is 0 Å². The first-order chi connectivity index (χ1) is 9.60. The SMILES string of the molecule is CC[C@H](Cn1ccc2[nH]c(=O)c(C#N)cc2c1=O)OC. The van der Waals surface area contributed by atoms with Gasteiger partial charge in [-0.1, -0.05) is 6.92 Å². The maximum atomic E-state index is 12.4. The van der Waals surface area contributed by atoms with Crippen LogP contribution in [0.1, 0.15) is 18.9 Å². The Balaban J connectivity index is 2.59. The summed E-state index contributed by atoms with van der Waals surface area (Å²) >= 11 is 0. The highest BCUT2D eigenvalue weighted by atomic mass is 16.5. The highest BCUT2D eigenvalue weighted by molar-refractivity contribution is 5.78. The van der Waals surface area contributed by atoms with Gasteiger partial charge in [0.05, 0.1) is 23.6 Å². The van der Waals surface area contributed by atoms with Crippen LogP contribution in [0.5, 0.6) is 0 Å². The first-order valence-corrected chi connectivity index (χ1v) is 6.30. The van der Waals surface area contributed by atoms with Gasteiger partial charge in [-0.25, -0.2) is 0 Å². The van der Waals surface area contributed by atoms with Crippen LogP contribution in [-0.2, 0) is 11.3 Å². The molecular formula is C14H15N3O3. The van der Waals surface area contributed by atoms with Crippen molar-refractivity contribution in [2.45, 2.75) is 26.0 Å². The summed E-state index contributed by atoms with van der Waals surface area (Å²) in [5.41, 5.74) is -0.363. The molecule has 0 fully saturated rings. The molecule has 0 aliphatic rings. The van der Waals surface area contributed by atoms with Gasteiger partial charge in [-0.3, -0.25) is 9.59 Å². The summed E-state index contributed by atoms with van der Waals surface area (Å²) in [6, 6.07) is 4.77. The van der Waals surface area contributed by atoms with Gasteiger partial charge >= 0.3 is 0 Å². The lowest BCUT2D eigenvalue weighted by molar-refractivity contribution is 0.0839. The molecule has 104 valence electrons. The average molecular weight is 273 g/mol. The Kier molecular flexibility index (Phi) is 4.01. The zero-order chi connectivity index (χ0) is 14.7. The van der Waals surface area contributed by atoms with Crippen LogP contribution < -0.4 is 11.1 Å². The smallest absolute Gasteiger partial charge is 0.266 e. The number of aromatic amines is 1. The average Bonchev–Trinajstić information content (AvgIpc) is 2.46. The molecule has 0 amide bonds. The standard InChI is InChI=1S/C14H15N3O3/c1-3-10(20-2)8-17-5-4-12-11(14(17)19)6-9(7-15)13(18)16-12/h4-6,10H,3,8H2,1-2H3,(H,16,18)/t10-/m1/s1. The van der Waals surface area contributed by atoms with Gasteiger partial charge in [0.1, 0.15) is 11.6 Å². The summed E-state index contributed by atoms with van der Waals surface area (Å²) in [6.07, 6.45) is 2.35. The van der Waals surface area contributed by atoms with E-state index in [9.17, 15) is 9.59 Å². The fourth-order valence-corrected chi connectivity index (χ4v) is 2.06. The Morgan fingerprint density at radius 3 is 2.85 bits per heavy atom. The van der Waals surface area contributed by atoms with Crippen LogP contribution in [0.3, 0.4) is 0 Å². The Morgan fingerprint density at radius 2 is 2.25 bits per heavy atom. The summed E-state index contributed by atoms with van der Waals surface area (Å²) in [5, 5.41) is 9.19. The van der Waals surface area contributed by atoms with Gasteiger partial charge in [0, 0.05) is 13.3 Å². The predicted octanol–water partition coefficient (Wildman–Crippen LogP) is 0.986. The largest absolute Gasteiger partial charge is 0.380 e. The second-order valence-corrected chi connectivity index (χ2v) is 4.49. The number of pyridine rings is 2. The second-order valence-electron chi connectivity index (χ2n) is 4.49. The molecule has 1 N–H and O–H groups in total. The van der Waals surface area contributed by atoms with Crippen LogP contribution in [0.2, 0.25) is 0 Å². The van der Waals surface area contributed by atoms with E-state index in [4.69, 9.17) is 10.00 Å². The van der Waals surface area contributed by atoms with Crippen LogP contribution >= 0.6 is 0 Å². The molecule has 0 aromatic carbocycles. The minimum atomic E-state index is -0.486.